The lowest BCUT2D eigenvalue weighted by Gasteiger charge is -2.18. The van der Waals surface area contributed by atoms with E-state index in [0.717, 1.165) is 5.56 Å². The van der Waals surface area contributed by atoms with Gasteiger partial charge in [0.05, 0.1) is 23.4 Å². The molecular formula is C17H18ClNO2. The van der Waals surface area contributed by atoms with Gasteiger partial charge in [0.2, 0.25) is 0 Å². The summed E-state index contributed by atoms with van der Waals surface area (Å²) in [6, 6.07) is 13.4. The van der Waals surface area contributed by atoms with E-state index in [2.05, 4.69) is 37.4 Å². The van der Waals surface area contributed by atoms with E-state index in [0.29, 0.717) is 16.3 Å². The summed E-state index contributed by atoms with van der Waals surface area (Å²) < 4.78 is 4.73. The first-order valence-electron chi connectivity index (χ1n) is 6.72. The fourth-order valence-corrected chi connectivity index (χ4v) is 2.31. The van der Waals surface area contributed by atoms with Crippen LogP contribution in [0.5, 0.6) is 0 Å². The van der Waals surface area contributed by atoms with Crippen molar-refractivity contribution >= 4 is 23.3 Å². The predicted molar refractivity (Wildman–Crippen MR) is 86.0 cm³/mol. The highest BCUT2D eigenvalue weighted by Gasteiger charge is 2.12. The highest BCUT2D eigenvalue weighted by molar-refractivity contribution is 6.33. The van der Waals surface area contributed by atoms with Crippen LogP contribution in [0.25, 0.3) is 0 Å². The number of carbonyl (C=O) groups is 1. The normalized spacial score (nSPS) is 11.8. The van der Waals surface area contributed by atoms with Crippen LogP contribution in [-0.4, -0.2) is 13.1 Å². The van der Waals surface area contributed by atoms with Gasteiger partial charge in [-0.05, 0) is 37.6 Å². The Kier molecular flexibility index (Phi) is 4.86. The zero-order valence-electron chi connectivity index (χ0n) is 12.3. The minimum absolute atomic E-state index is 0.0790. The van der Waals surface area contributed by atoms with Crippen molar-refractivity contribution < 1.29 is 9.53 Å². The Morgan fingerprint density at radius 2 is 2.00 bits per heavy atom. The van der Waals surface area contributed by atoms with Crippen molar-refractivity contribution in [3.05, 3.63) is 64.2 Å². The number of ether oxygens (including phenoxy) is 1. The van der Waals surface area contributed by atoms with Gasteiger partial charge >= 0.3 is 5.97 Å². The van der Waals surface area contributed by atoms with Crippen LogP contribution in [-0.2, 0) is 4.74 Å². The van der Waals surface area contributed by atoms with E-state index in [1.807, 2.05) is 6.07 Å². The standard InChI is InChI=1S/C17H18ClNO2/c1-11-5-4-6-13(9-11)12(2)19-16-10-14(17(20)21-3)7-8-15(16)18/h4-10,12,19H,1-3H3. The van der Waals surface area contributed by atoms with E-state index in [1.54, 1.807) is 18.2 Å². The van der Waals surface area contributed by atoms with Gasteiger partial charge in [0.25, 0.3) is 0 Å². The average molecular weight is 304 g/mol. The molecule has 1 atom stereocenters. The lowest BCUT2D eigenvalue weighted by molar-refractivity contribution is 0.0601. The molecule has 0 spiro atoms. The topological polar surface area (TPSA) is 38.3 Å². The number of esters is 1. The first-order chi connectivity index (χ1) is 10.0. The third kappa shape index (κ3) is 3.76. The molecule has 3 nitrogen and oxygen atoms in total. The highest BCUT2D eigenvalue weighted by Crippen LogP contribution is 2.27. The van der Waals surface area contributed by atoms with Crippen LogP contribution < -0.4 is 5.32 Å². The zero-order valence-corrected chi connectivity index (χ0v) is 13.1. The van der Waals surface area contributed by atoms with E-state index in [4.69, 9.17) is 16.3 Å². The molecule has 2 aromatic carbocycles. The fraction of sp³-hybridized carbons (Fsp3) is 0.235. The van der Waals surface area contributed by atoms with Gasteiger partial charge in [0.15, 0.2) is 0 Å². The number of hydrogen-bond donors (Lipinski definition) is 1. The number of nitrogens with one attached hydrogen (secondary N) is 1. The number of aryl methyl sites for hydroxylation is 1. The second kappa shape index (κ2) is 6.64. The summed E-state index contributed by atoms with van der Waals surface area (Å²) in [5.41, 5.74) is 3.56. The Morgan fingerprint density at radius 3 is 2.67 bits per heavy atom. The third-order valence-corrected chi connectivity index (χ3v) is 3.63. The van der Waals surface area contributed by atoms with Crippen LogP contribution in [0.1, 0.15) is 34.5 Å². The van der Waals surface area contributed by atoms with Crippen LogP contribution in [0.2, 0.25) is 5.02 Å². The molecule has 4 heteroatoms. The van der Waals surface area contributed by atoms with Crippen LogP contribution in [0.4, 0.5) is 5.69 Å². The predicted octanol–water partition coefficient (Wildman–Crippen LogP) is 4.61. The van der Waals surface area contributed by atoms with Crippen LogP contribution in [0.15, 0.2) is 42.5 Å². The first-order valence-corrected chi connectivity index (χ1v) is 7.10. The van der Waals surface area contributed by atoms with E-state index in [1.165, 1.54) is 12.7 Å². The molecule has 0 amide bonds. The largest absolute Gasteiger partial charge is 0.465 e. The smallest absolute Gasteiger partial charge is 0.337 e. The number of hydrogen-bond acceptors (Lipinski definition) is 3. The Labute approximate surface area is 129 Å². The van der Waals surface area contributed by atoms with Crippen molar-refractivity contribution in [3.63, 3.8) is 0 Å². The number of methoxy groups -OCH3 is 1. The maximum atomic E-state index is 11.6. The molecule has 0 saturated heterocycles. The lowest BCUT2D eigenvalue weighted by Crippen LogP contribution is -2.09. The number of anilines is 1. The molecule has 0 saturated carbocycles. The van der Waals surface area contributed by atoms with E-state index in [-0.39, 0.29) is 12.0 Å². The molecule has 2 rings (SSSR count). The molecule has 21 heavy (non-hydrogen) atoms. The number of carbonyl (C=O) groups excluding carboxylic acids is 1. The van der Waals surface area contributed by atoms with Crippen LogP contribution in [0, 0.1) is 6.92 Å². The maximum absolute atomic E-state index is 11.6. The van der Waals surface area contributed by atoms with Crippen molar-refractivity contribution in [1.82, 2.24) is 0 Å². The SMILES string of the molecule is COC(=O)c1ccc(Cl)c(NC(C)c2cccc(C)c2)c1. The second-order valence-corrected chi connectivity index (χ2v) is 5.37. The molecule has 0 bridgehead atoms. The molecule has 0 heterocycles. The van der Waals surface area contributed by atoms with Gasteiger partial charge in [0.1, 0.15) is 0 Å². The Morgan fingerprint density at radius 1 is 1.24 bits per heavy atom. The molecule has 110 valence electrons. The molecule has 1 N–H and O–H groups in total. The maximum Gasteiger partial charge on any atom is 0.337 e. The molecule has 0 aliphatic carbocycles. The first kappa shape index (κ1) is 15.4. The highest BCUT2D eigenvalue weighted by atomic mass is 35.5. The van der Waals surface area contributed by atoms with Gasteiger partial charge in [-0.2, -0.15) is 0 Å². The summed E-state index contributed by atoms with van der Waals surface area (Å²) in [7, 11) is 1.36. The summed E-state index contributed by atoms with van der Waals surface area (Å²) in [5, 5.41) is 3.90. The molecule has 0 aliphatic rings. The monoisotopic (exact) mass is 303 g/mol. The second-order valence-electron chi connectivity index (χ2n) is 4.97. The molecule has 0 fully saturated rings. The van der Waals surface area contributed by atoms with Crippen molar-refractivity contribution in [2.45, 2.75) is 19.9 Å². The number of halogens is 1. The van der Waals surface area contributed by atoms with Gasteiger partial charge in [-0.25, -0.2) is 4.79 Å². The van der Waals surface area contributed by atoms with Crippen molar-refractivity contribution in [3.8, 4) is 0 Å². The molecule has 0 aliphatic heterocycles. The quantitative estimate of drug-likeness (QED) is 0.838. The van der Waals surface area contributed by atoms with E-state index >= 15 is 0 Å². The lowest BCUT2D eigenvalue weighted by atomic mass is 10.1. The minimum atomic E-state index is -0.377. The van der Waals surface area contributed by atoms with Crippen molar-refractivity contribution in [2.75, 3.05) is 12.4 Å². The van der Waals surface area contributed by atoms with Crippen molar-refractivity contribution in [2.24, 2.45) is 0 Å². The van der Waals surface area contributed by atoms with Gasteiger partial charge in [-0.3, -0.25) is 0 Å². The van der Waals surface area contributed by atoms with E-state index < -0.39 is 0 Å². The Bertz CT molecular complexity index is 655. The van der Waals surface area contributed by atoms with Gasteiger partial charge in [-0.1, -0.05) is 41.4 Å². The fourth-order valence-electron chi connectivity index (χ4n) is 2.14. The molecule has 1 unspecified atom stereocenters. The minimum Gasteiger partial charge on any atom is -0.465 e. The summed E-state index contributed by atoms with van der Waals surface area (Å²) in [6.07, 6.45) is 0. The Balaban J connectivity index is 2.24. The van der Waals surface area contributed by atoms with Crippen LogP contribution in [0.3, 0.4) is 0 Å². The molecule has 2 aromatic rings. The average Bonchev–Trinajstić information content (AvgIpc) is 2.48. The molecule has 0 aromatic heterocycles. The number of benzene rings is 2. The molecular weight excluding hydrogens is 286 g/mol. The zero-order chi connectivity index (χ0) is 15.4. The third-order valence-electron chi connectivity index (χ3n) is 3.30. The number of rotatable bonds is 4. The van der Waals surface area contributed by atoms with Crippen molar-refractivity contribution in [1.29, 1.82) is 0 Å². The summed E-state index contributed by atoms with van der Waals surface area (Å²) >= 11 is 6.19. The van der Waals surface area contributed by atoms with E-state index in [9.17, 15) is 4.79 Å². The van der Waals surface area contributed by atoms with Gasteiger partial charge < -0.3 is 10.1 Å². The van der Waals surface area contributed by atoms with Crippen LogP contribution >= 0.6 is 11.6 Å². The summed E-state index contributed by atoms with van der Waals surface area (Å²) in [6.45, 7) is 4.11. The Hall–Kier alpha value is -2.00. The summed E-state index contributed by atoms with van der Waals surface area (Å²) in [4.78, 5) is 11.6. The van der Waals surface area contributed by atoms with Gasteiger partial charge in [-0.15, -0.1) is 0 Å². The molecule has 0 radical (unpaired) electrons. The summed E-state index contributed by atoms with van der Waals surface area (Å²) in [5.74, 6) is -0.377. The van der Waals surface area contributed by atoms with Gasteiger partial charge in [0, 0.05) is 6.04 Å².